The number of pyridine rings is 1. The number of hydrogen-bond acceptors (Lipinski definition) is 6. The highest BCUT2D eigenvalue weighted by molar-refractivity contribution is 5.94. The number of ether oxygens (including phenoxy) is 1. The zero-order valence-corrected chi connectivity index (χ0v) is 18.1. The van der Waals surface area contributed by atoms with Gasteiger partial charge in [-0.05, 0) is 38.1 Å². The van der Waals surface area contributed by atoms with Crippen LogP contribution in [0.5, 0.6) is 11.6 Å². The van der Waals surface area contributed by atoms with Crippen LogP contribution in [0.25, 0.3) is 5.65 Å². The first-order valence-electron chi connectivity index (χ1n) is 10.6. The Morgan fingerprint density at radius 3 is 2.44 bits per heavy atom. The van der Waals surface area contributed by atoms with Crippen molar-refractivity contribution in [2.24, 2.45) is 0 Å². The summed E-state index contributed by atoms with van der Waals surface area (Å²) in [7, 11) is 0. The number of aryl methyl sites for hydroxylation is 2. The number of fused-ring (bicyclic) bond motifs is 1. The number of carbonyl (C=O) groups excluding carboxylic acids is 1. The van der Waals surface area contributed by atoms with Crippen LogP contribution in [0, 0.1) is 13.8 Å². The van der Waals surface area contributed by atoms with Gasteiger partial charge in [0.05, 0.1) is 5.69 Å². The van der Waals surface area contributed by atoms with Gasteiger partial charge >= 0.3 is 0 Å². The molecule has 4 aromatic rings. The van der Waals surface area contributed by atoms with E-state index in [1.807, 2.05) is 83.9 Å². The number of piperazine rings is 1. The van der Waals surface area contributed by atoms with E-state index in [2.05, 4.69) is 19.9 Å². The maximum absolute atomic E-state index is 13.3. The average Bonchev–Trinajstić information content (AvgIpc) is 3.14. The number of nitrogens with zero attached hydrogens (tertiary/aromatic N) is 6. The normalized spacial score (nSPS) is 14.1. The summed E-state index contributed by atoms with van der Waals surface area (Å²) in [5.41, 5.74) is 2.16. The van der Waals surface area contributed by atoms with E-state index in [4.69, 9.17) is 4.74 Å². The first-order valence-corrected chi connectivity index (χ1v) is 10.6. The van der Waals surface area contributed by atoms with Crippen LogP contribution < -0.4 is 9.64 Å². The third kappa shape index (κ3) is 3.87. The number of rotatable bonds is 4. The molecule has 0 bridgehead atoms. The van der Waals surface area contributed by atoms with E-state index in [-0.39, 0.29) is 5.91 Å². The van der Waals surface area contributed by atoms with Crippen LogP contribution in [0.1, 0.15) is 22.0 Å². The number of hydrogen-bond donors (Lipinski definition) is 0. The fourth-order valence-corrected chi connectivity index (χ4v) is 4.01. The Hall–Kier alpha value is -3.94. The van der Waals surface area contributed by atoms with E-state index in [0.29, 0.717) is 43.6 Å². The molecule has 8 heteroatoms. The molecule has 0 saturated carbocycles. The van der Waals surface area contributed by atoms with Gasteiger partial charge in [-0.25, -0.2) is 9.97 Å². The van der Waals surface area contributed by atoms with Gasteiger partial charge in [0.1, 0.15) is 28.7 Å². The summed E-state index contributed by atoms with van der Waals surface area (Å²) in [6, 6.07) is 17.2. The van der Waals surface area contributed by atoms with Crippen molar-refractivity contribution in [3.63, 3.8) is 0 Å². The SMILES string of the molecule is Cc1nc(Oc2ccccc2)cc(N2CCN(C(=O)c3c(C)nc4ccccn34)CC2)n1. The Labute approximate surface area is 186 Å². The van der Waals surface area contributed by atoms with Crippen molar-refractivity contribution < 1.29 is 9.53 Å². The maximum Gasteiger partial charge on any atom is 0.272 e. The number of carbonyl (C=O) groups is 1. The molecule has 0 atom stereocenters. The van der Waals surface area contributed by atoms with E-state index < -0.39 is 0 Å². The number of amides is 1. The van der Waals surface area contributed by atoms with E-state index >= 15 is 0 Å². The standard InChI is InChI=1S/C24H24N6O2/c1-17-23(30-11-7-6-10-20(30)25-17)24(31)29-14-12-28(13-15-29)21-16-22(27-18(2)26-21)32-19-8-4-3-5-9-19/h3-11,16H,12-15H2,1-2H3. The van der Waals surface area contributed by atoms with Gasteiger partial charge in [-0.15, -0.1) is 0 Å². The second kappa shape index (κ2) is 8.30. The fourth-order valence-electron chi connectivity index (χ4n) is 4.01. The highest BCUT2D eigenvalue weighted by atomic mass is 16.5. The van der Waals surface area contributed by atoms with Gasteiger partial charge in [-0.3, -0.25) is 9.20 Å². The lowest BCUT2D eigenvalue weighted by Gasteiger charge is -2.35. The number of anilines is 1. The summed E-state index contributed by atoms with van der Waals surface area (Å²) >= 11 is 0. The van der Waals surface area contributed by atoms with Crippen LogP contribution in [-0.2, 0) is 0 Å². The summed E-state index contributed by atoms with van der Waals surface area (Å²) in [5.74, 6) is 2.71. The van der Waals surface area contributed by atoms with E-state index in [0.717, 1.165) is 22.9 Å². The van der Waals surface area contributed by atoms with Gasteiger partial charge < -0.3 is 14.5 Å². The third-order valence-corrected chi connectivity index (χ3v) is 5.56. The van der Waals surface area contributed by atoms with Gasteiger partial charge in [0.25, 0.3) is 5.91 Å². The Kier molecular flexibility index (Phi) is 5.18. The first kappa shape index (κ1) is 20.0. The zero-order valence-electron chi connectivity index (χ0n) is 18.1. The smallest absolute Gasteiger partial charge is 0.272 e. The number of aromatic nitrogens is 4. The molecule has 32 heavy (non-hydrogen) atoms. The van der Waals surface area contributed by atoms with Crippen LogP contribution in [0.4, 0.5) is 5.82 Å². The molecule has 1 aromatic carbocycles. The van der Waals surface area contributed by atoms with Crippen molar-refractivity contribution in [1.82, 2.24) is 24.3 Å². The molecule has 4 heterocycles. The summed E-state index contributed by atoms with van der Waals surface area (Å²) in [6.07, 6.45) is 1.89. The van der Waals surface area contributed by atoms with Crippen LogP contribution >= 0.6 is 0 Å². The largest absolute Gasteiger partial charge is 0.439 e. The molecule has 1 saturated heterocycles. The average molecular weight is 428 g/mol. The highest BCUT2D eigenvalue weighted by Crippen LogP contribution is 2.24. The molecule has 0 radical (unpaired) electrons. The second-order valence-corrected chi connectivity index (χ2v) is 7.78. The second-order valence-electron chi connectivity index (χ2n) is 7.78. The minimum absolute atomic E-state index is 0.00724. The summed E-state index contributed by atoms with van der Waals surface area (Å²) in [5, 5.41) is 0. The molecule has 0 spiro atoms. The lowest BCUT2D eigenvalue weighted by molar-refractivity contribution is 0.0738. The molecule has 5 rings (SSSR count). The van der Waals surface area contributed by atoms with Crippen molar-refractivity contribution in [1.29, 1.82) is 0 Å². The number of imidazole rings is 1. The monoisotopic (exact) mass is 428 g/mol. The number of para-hydroxylation sites is 1. The van der Waals surface area contributed by atoms with Crippen LogP contribution in [-0.4, -0.2) is 56.3 Å². The predicted molar refractivity (Wildman–Crippen MR) is 121 cm³/mol. The molecule has 0 aliphatic carbocycles. The van der Waals surface area contributed by atoms with Crippen molar-refractivity contribution in [2.75, 3.05) is 31.1 Å². The molecule has 1 aliphatic rings. The molecule has 162 valence electrons. The Morgan fingerprint density at radius 2 is 1.66 bits per heavy atom. The fraction of sp³-hybridized carbons (Fsp3) is 0.250. The van der Waals surface area contributed by atoms with Gasteiger partial charge in [0, 0.05) is 38.4 Å². The number of benzene rings is 1. The van der Waals surface area contributed by atoms with Gasteiger partial charge in [-0.2, -0.15) is 4.98 Å². The maximum atomic E-state index is 13.3. The third-order valence-electron chi connectivity index (χ3n) is 5.56. The van der Waals surface area contributed by atoms with E-state index in [1.165, 1.54) is 0 Å². The van der Waals surface area contributed by atoms with Crippen LogP contribution in [0.15, 0.2) is 60.8 Å². The minimum Gasteiger partial charge on any atom is -0.439 e. The molecular weight excluding hydrogens is 404 g/mol. The van der Waals surface area contributed by atoms with Crippen molar-refractivity contribution >= 4 is 17.4 Å². The minimum atomic E-state index is 0.00724. The Bertz CT molecular complexity index is 1260. The molecule has 8 nitrogen and oxygen atoms in total. The highest BCUT2D eigenvalue weighted by Gasteiger charge is 2.27. The van der Waals surface area contributed by atoms with Gasteiger partial charge in [-0.1, -0.05) is 24.3 Å². The Morgan fingerprint density at radius 1 is 0.906 bits per heavy atom. The van der Waals surface area contributed by atoms with Crippen molar-refractivity contribution in [3.05, 3.63) is 78.0 Å². The lowest BCUT2D eigenvalue weighted by atomic mass is 10.2. The predicted octanol–water partition coefficient (Wildman–Crippen LogP) is 3.50. The topological polar surface area (TPSA) is 75.9 Å². The molecule has 1 fully saturated rings. The quantitative estimate of drug-likeness (QED) is 0.495. The summed E-state index contributed by atoms with van der Waals surface area (Å²) in [4.78, 5) is 30.8. The van der Waals surface area contributed by atoms with Crippen LogP contribution in [0.3, 0.4) is 0 Å². The zero-order chi connectivity index (χ0) is 22.1. The van der Waals surface area contributed by atoms with E-state index in [9.17, 15) is 4.79 Å². The van der Waals surface area contributed by atoms with Gasteiger partial charge in [0.15, 0.2) is 0 Å². The molecular formula is C24H24N6O2. The molecule has 1 amide bonds. The molecule has 0 unspecified atom stereocenters. The first-order chi connectivity index (χ1) is 15.6. The van der Waals surface area contributed by atoms with Crippen molar-refractivity contribution in [3.8, 4) is 11.6 Å². The van der Waals surface area contributed by atoms with Crippen LogP contribution in [0.2, 0.25) is 0 Å². The lowest BCUT2D eigenvalue weighted by Crippen LogP contribution is -2.49. The van der Waals surface area contributed by atoms with Crippen molar-refractivity contribution in [2.45, 2.75) is 13.8 Å². The molecule has 0 N–H and O–H groups in total. The summed E-state index contributed by atoms with van der Waals surface area (Å²) < 4.78 is 7.77. The molecule has 3 aromatic heterocycles. The van der Waals surface area contributed by atoms with E-state index in [1.54, 1.807) is 0 Å². The Balaban J connectivity index is 1.30. The molecule has 1 aliphatic heterocycles. The van der Waals surface area contributed by atoms with Gasteiger partial charge in [0.2, 0.25) is 5.88 Å². The summed E-state index contributed by atoms with van der Waals surface area (Å²) in [6.45, 7) is 6.32.